The van der Waals surface area contributed by atoms with E-state index in [0.717, 1.165) is 53.2 Å². The first-order valence-corrected chi connectivity index (χ1v) is 10.5. The van der Waals surface area contributed by atoms with Crippen LogP contribution in [-0.4, -0.2) is 34.1 Å². The fraction of sp³-hybridized carbons (Fsp3) is 0.500. The van der Waals surface area contributed by atoms with Crippen molar-refractivity contribution in [2.75, 3.05) is 0 Å². The SMILES string of the molecule is CCn1cnc2ccc(C(C)CCC(C)n3cnc4cnc(C(C)C)nc43)nc21. The van der Waals surface area contributed by atoms with E-state index in [1.54, 1.807) is 0 Å². The lowest BCUT2D eigenvalue weighted by Crippen LogP contribution is -2.08. The van der Waals surface area contributed by atoms with Gasteiger partial charge in [0, 0.05) is 24.2 Å². The molecule has 0 saturated heterocycles. The summed E-state index contributed by atoms with van der Waals surface area (Å²) in [6.07, 6.45) is 7.66. The van der Waals surface area contributed by atoms with Crippen LogP contribution in [0.25, 0.3) is 22.3 Å². The molecule has 152 valence electrons. The van der Waals surface area contributed by atoms with Gasteiger partial charge in [0.15, 0.2) is 11.3 Å². The Bertz CT molecular complexity index is 1120. The van der Waals surface area contributed by atoms with E-state index in [-0.39, 0.29) is 0 Å². The van der Waals surface area contributed by atoms with E-state index in [4.69, 9.17) is 9.97 Å². The van der Waals surface area contributed by atoms with Crippen molar-refractivity contribution in [2.45, 2.75) is 71.9 Å². The summed E-state index contributed by atoms with van der Waals surface area (Å²) < 4.78 is 4.27. The number of rotatable bonds is 7. The summed E-state index contributed by atoms with van der Waals surface area (Å²) in [6.45, 7) is 11.7. The molecule has 2 unspecified atom stereocenters. The van der Waals surface area contributed by atoms with E-state index in [1.165, 1.54) is 0 Å². The molecule has 0 aromatic carbocycles. The molecule has 0 fully saturated rings. The number of aromatic nitrogens is 7. The monoisotopic (exact) mass is 391 g/mol. The van der Waals surface area contributed by atoms with Gasteiger partial charge in [0.2, 0.25) is 0 Å². The average molecular weight is 392 g/mol. The van der Waals surface area contributed by atoms with Crippen molar-refractivity contribution in [1.29, 1.82) is 0 Å². The van der Waals surface area contributed by atoms with Crippen molar-refractivity contribution in [3.8, 4) is 0 Å². The van der Waals surface area contributed by atoms with Crippen molar-refractivity contribution >= 4 is 22.3 Å². The van der Waals surface area contributed by atoms with Crippen LogP contribution in [0.15, 0.2) is 31.0 Å². The zero-order valence-corrected chi connectivity index (χ0v) is 17.9. The first-order chi connectivity index (χ1) is 14.0. The van der Waals surface area contributed by atoms with Crippen LogP contribution in [0.3, 0.4) is 0 Å². The van der Waals surface area contributed by atoms with Crippen LogP contribution in [0.2, 0.25) is 0 Å². The highest BCUT2D eigenvalue weighted by atomic mass is 15.1. The van der Waals surface area contributed by atoms with Crippen molar-refractivity contribution in [2.24, 2.45) is 0 Å². The minimum absolute atomic E-state index is 0.302. The molecule has 4 heterocycles. The zero-order valence-electron chi connectivity index (χ0n) is 17.9. The molecule has 0 bridgehead atoms. The van der Waals surface area contributed by atoms with Crippen molar-refractivity contribution in [3.05, 3.63) is 42.5 Å². The van der Waals surface area contributed by atoms with Crippen LogP contribution < -0.4 is 0 Å². The molecule has 7 nitrogen and oxygen atoms in total. The van der Waals surface area contributed by atoms with Crippen LogP contribution in [0.4, 0.5) is 0 Å². The molecule has 7 heteroatoms. The highest BCUT2D eigenvalue weighted by Gasteiger charge is 2.16. The molecule has 0 N–H and O–H groups in total. The summed E-state index contributed by atoms with van der Waals surface area (Å²) in [5.41, 5.74) is 4.84. The topological polar surface area (TPSA) is 74.3 Å². The molecule has 4 aromatic heterocycles. The zero-order chi connectivity index (χ0) is 20.5. The van der Waals surface area contributed by atoms with Gasteiger partial charge in [-0.3, -0.25) is 0 Å². The maximum Gasteiger partial charge on any atom is 0.163 e. The van der Waals surface area contributed by atoms with Crippen LogP contribution in [0.5, 0.6) is 0 Å². The minimum atomic E-state index is 0.302. The van der Waals surface area contributed by atoms with Crippen molar-refractivity contribution in [1.82, 2.24) is 34.1 Å². The van der Waals surface area contributed by atoms with Gasteiger partial charge >= 0.3 is 0 Å². The molecule has 0 aliphatic rings. The highest BCUT2D eigenvalue weighted by molar-refractivity contribution is 5.71. The lowest BCUT2D eigenvalue weighted by molar-refractivity contribution is 0.469. The third-order valence-corrected chi connectivity index (χ3v) is 5.67. The Morgan fingerprint density at radius 3 is 2.41 bits per heavy atom. The maximum absolute atomic E-state index is 4.89. The molecule has 29 heavy (non-hydrogen) atoms. The molecule has 0 amide bonds. The summed E-state index contributed by atoms with van der Waals surface area (Å²) in [5.74, 6) is 1.54. The van der Waals surface area contributed by atoms with Crippen LogP contribution in [0, 0.1) is 0 Å². The molecule has 4 rings (SSSR count). The third-order valence-electron chi connectivity index (χ3n) is 5.67. The fourth-order valence-corrected chi connectivity index (χ4v) is 3.68. The third kappa shape index (κ3) is 3.73. The number of nitrogens with zero attached hydrogens (tertiary/aromatic N) is 7. The largest absolute Gasteiger partial charge is 0.316 e. The van der Waals surface area contributed by atoms with Crippen LogP contribution >= 0.6 is 0 Å². The molecule has 0 aliphatic carbocycles. The molecular weight excluding hydrogens is 362 g/mol. The fourth-order valence-electron chi connectivity index (χ4n) is 3.68. The molecule has 0 spiro atoms. The van der Waals surface area contributed by atoms with E-state index < -0.39 is 0 Å². The van der Waals surface area contributed by atoms with E-state index in [0.29, 0.717) is 17.9 Å². The second kappa shape index (κ2) is 7.89. The van der Waals surface area contributed by atoms with Crippen molar-refractivity contribution < 1.29 is 0 Å². The summed E-state index contributed by atoms with van der Waals surface area (Å²) in [4.78, 5) is 23.0. The number of hydrogen-bond donors (Lipinski definition) is 0. The molecular formula is C22H29N7. The summed E-state index contributed by atoms with van der Waals surface area (Å²) in [6, 6.07) is 4.50. The molecule has 0 saturated carbocycles. The van der Waals surface area contributed by atoms with Crippen LogP contribution in [-0.2, 0) is 6.54 Å². The second-order valence-electron chi connectivity index (χ2n) is 8.18. The van der Waals surface area contributed by atoms with Gasteiger partial charge in [-0.1, -0.05) is 20.8 Å². The molecule has 0 aliphatic heterocycles. The lowest BCUT2D eigenvalue weighted by Gasteiger charge is -2.17. The number of aryl methyl sites for hydroxylation is 1. The van der Waals surface area contributed by atoms with Gasteiger partial charge in [-0.05, 0) is 44.7 Å². The molecule has 0 radical (unpaired) electrons. The van der Waals surface area contributed by atoms with E-state index in [9.17, 15) is 0 Å². The lowest BCUT2D eigenvalue weighted by atomic mass is 9.98. The predicted octanol–water partition coefficient (Wildman–Crippen LogP) is 4.86. The summed E-state index contributed by atoms with van der Waals surface area (Å²) >= 11 is 0. The Hall–Kier alpha value is -2.83. The Morgan fingerprint density at radius 1 is 0.862 bits per heavy atom. The Kier molecular flexibility index (Phi) is 5.30. The summed E-state index contributed by atoms with van der Waals surface area (Å²) in [7, 11) is 0. The van der Waals surface area contributed by atoms with E-state index in [1.807, 2.05) is 18.9 Å². The van der Waals surface area contributed by atoms with Gasteiger partial charge in [-0.2, -0.15) is 0 Å². The van der Waals surface area contributed by atoms with Gasteiger partial charge in [-0.25, -0.2) is 24.9 Å². The van der Waals surface area contributed by atoms with Gasteiger partial charge in [0.1, 0.15) is 16.9 Å². The van der Waals surface area contributed by atoms with Gasteiger partial charge in [-0.15, -0.1) is 0 Å². The normalized spacial score (nSPS) is 14.1. The average Bonchev–Trinajstić information content (AvgIpc) is 3.34. The molecule has 2 atom stereocenters. The summed E-state index contributed by atoms with van der Waals surface area (Å²) in [5, 5.41) is 0. The van der Waals surface area contributed by atoms with Gasteiger partial charge in [0.25, 0.3) is 0 Å². The van der Waals surface area contributed by atoms with Crippen molar-refractivity contribution in [3.63, 3.8) is 0 Å². The molecule has 4 aromatic rings. The van der Waals surface area contributed by atoms with E-state index >= 15 is 0 Å². The highest BCUT2D eigenvalue weighted by Crippen LogP contribution is 2.27. The van der Waals surface area contributed by atoms with E-state index in [2.05, 4.69) is 70.8 Å². The first-order valence-electron chi connectivity index (χ1n) is 10.5. The Balaban J connectivity index is 1.50. The quantitative estimate of drug-likeness (QED) is 0.450. The first kappa shape index (κ1) is 19.5. The number of hydrogen-bond acceptors (Lipinski definition) is 5. The Labute approximate surface area is 171 Å². The maximum atomic E-state index is 4.89. The standard InChI is InChI=1S/C22H29N7/c1-6-28-12-24-18-10-9-17(26-21(18)28)15(4)7-8-16(5)29-13-25-19-11-23-20(14(2)3)27-22(19)29/h9-16H,6-8H2,1-5H3. The van der Waals surface area contributed by atoms with Gasteiger partial charge < -0.3 is 9.13 Å². The minimum Gasteiger partial charge on any atom is -0.316 e. The smallest absolute Gasteiger partial charge is 0.163 e. The number of pyridine rings is 1. The number of imidazole rings is 2. The van der Waals surface area contributed by atoms with Crippen LogP contribution in [0.1, 0.15) is 76.9 Å². The van der Waals surface area contributed by atoms with Gasteiger partial charge in [0.05, 0.1) is 18.9 Å². The predicted molar refractivity (Wildman–Crippen MR) is 115 cm³/mol. The second-order valence-corrected chi connectivity index (χ2v) is 8.18. The number of fused-ring (bicyclic) bond motifs is 2. The Morgan fingerprint density at radius 2 is 1.66 bits per heavy atom.